The minimum atomic E-state index is -0.342. The molecule has 0 aliphatic rings. The van der Waals surface area contributed by atoms with Crippen LogP contribution in [0.3, 0.4) is 0 Å². The van der Waals surface area contributed by atoms with Crippen molar-refractivity contribution in [1.29, 1.82) is 0 Å². The first-order valence-corrected chi connectivity index (χ1v) is 6.17. The summed E-state index contributed by atoms with van der Waals surface area (Å²) in [4.78, 5) is 0. The van der Waals surface area contributed by atoms with Crippen molar-refractivity contribution in [3.05, 3.63) is 59.4 Å². The molecule has 0 bridgehead atoms. The lowest BCUT2D eigenvalue weighted by Crippen LogP contribution is -1.98. The first kappa shape index (κ1) is 11.9. The monoisotopic (exact) mass is 255 g/mol. The molecule has 96 valence electrons. The molecule has 0 saturated heterocycles. The molecule has 0 fully saturated rings. The van der Waals surface area contributed by atoms with E-state index >= 15 is 0 Å². The molecule has 0 aliphatic heterocycles. The molecular formula is C16H14FNO. The van der Waals surface area contributed by atoms with Crippen LogP contribution in [0.15, 0.2) is 46.9 Å². The van der Waals surface area contributed by atoms with Gasteiger partial charge in [0.2, 0.25) is 0 Å². The first-order chi connectivity index (χ1) is 9.19. The maximum Gasteiger partial charge on any atom is 0.170 e. The van der Waals surface area contributed by atoms with E-state index in [0.717, 1.165) is 22.1 Å². The van der Waals surface area contributed by atoms with Crippen molar-refractivity contribution in [2.24, 2.45) is 5.73 Å². The number of aryl methyl sites for hydroxylation is 1. The summed E-state index contributed by atoms with van der Waals surface area (Å²) in [5, 5.41) is 0.763. The molecule has 2 aromatic carbocycles. The van der Waals surface area contributed by atoms with Crippen LogP contribution in [-0.4, -0.2) is 0 Å². The SMILES string of the molecule is Cc1ccc(CN)c(-c2cc3cccc(F)c3o2)c1. The predicted molar refractivity (Wildman–Crippen MR) is 74.2 cm³/mol. The van der Waals surface area contributed by atoms with Gasteiger partial charge in [0.15, 0.2) is 11.4 Å². The van der Waals surface area contributed by atoms with Crippen LogP contribution in [0.4, 0.5) is 4.39 Å². The van der Waals surface area contributed by atoms with Gasteiger partial charge in [-0.2, -0.15) is 0 Å². The van der Waals surface area contributed by atoms with Gasteiger partial charge in [0.1, 0.15) is 5.76 Å². The molecule has 0 saturated carbocycles. The molecule has 0 atom stereocenters. The zero-order chi connectivity index (χ0) is 13.4. The van der Waals surface area contributed by atoms with Crippen LogP contribution in [-0.2, 0) is 6.54 Å². The zero-order valence-corrected chi connectivity index (χ0v) is 10.6. The predicted octanol–water partition coefficient (Wildman–Crippen LogP) is 4.01. The minimum absolute atomic E-state index is 0.293. The van der Waals surface area contributed by atoms with E-state index in [1.165, 1.54) is 6.07 Å². The molecule has 0 radical (unpaired) electrons. The van der Waals surface area contributed by atoms with E-state index in [0.29, 0.717) is 17.9 Å². The molecule has 2 nitrogen and oxygen atoms in total. The number of furan rings is 1. The number of para-hydroxylation sites is 1. The third-order valence-electron chi connectivity index (χ3n) is 3.25. The lowest BCUT2D eigenvalue weighted by Gasteiger charge is -2.06. The number of fused-ring (bicyclic) bond motifs is 1. The van der Waals surface area contributed by atoms with Gasteiger partial charge < -0.3 is 10.2 Å². The molecule has 2 N–H and O–H groups in total. The van der Waals surface area contributed by atoms with Crippen LogP contribution < -0.4 is 5.73 Å². The Balaban J connectivity index is 2.24. The quantitative estimate of drug-likeness (QED) is 0.751. The molecule has 1 heterocycles. The summed E-state index contributed by atoms with van der Waals surface area (Å²) >= 11 is 0. The molecule has 3 aromatic rings. The molecule has 0 spiro atoms. The van der Waals surface area contributed by atoms with Gasteiger partial charge in [-0.1, -0.05) is 29.8 Å². The Morgan fingerprint density at radius 3 is 2.74 bits per heavy atom. The van der Waals surface area contributed by atoms with Crippen LogP contribution >= 0.6 is 0 Å². The summed E-state index contributed by atoms with van der Waals surface area (Å²) in [6.45, 7) is 2.43. The second kappa shape index (κ2) is 4.52. The number of rotatable bonds is 2. The summed E-state index contributed by atoms with van der Waals surface area (Å²) < 4.78 is 19.3. The van der Waals surface area contributed by atoms with Crippen LogP contribution in [0, 0.1) is 12.7 Å². The van der Waals surface area contributed by atoms with Crippen LogP contribution in [0.25, 0.3) is 22.3 Å². The van der Waals surface area contributed by atoms with Gasteiger partial charge in [-0.05, 0) is 30.7 Å². The average Bonchev–Trinajstić information content (AvgIpc) is 2.84. The van der Waals surface area contributed by atoms with Gasteiger partial charge >= 0.3 is 0 Å². The fourth-order valence-electron chi connectivity index (χ4n) is 2.26. The smallest absolute Gasteiger partial charge is 0.170 e. The van der Waals surface area contributed by atoms with Crippen LogP contribution in [0.2, 0.25) is 0 Å². The third kappa shape index (κ3) is 2.02. The lowest BCUT2D eigenvalue weighted by atomic mass is 10.0. The van der Waals surface area contributed by atoms with Crippen molar-refractivity contribution in [2.45, 2.75) is 13.5 Å². The van der Waals surface area contributed by atoms with Crippen molar-refractivity contribution in [2.75, 3.05) is 0 Å². The zero-order valence-electron chi connectivity index (χ0n) is 10.6. The molecule has 0 amide bonds. The number of nitrogens with two attached hydrogens (primary N) is 1. The Labute approximate surface area is 110 Å². The van der Waals surface area contributed by atoms with Gasteiger partial charge in [0, 0.05) is 17.5 Å². The topological polar surface area (TPSA) is 39.2 Å². The van der Waals surface area contributed by atoms with E-state index in [1.54, 1.807) is 6.07 Å². The standard InChI is InChI=1S/C16H14FNO/c1-10-5-6-12(9-18)13(7-10)15-8-11-3-2-4-14(17)16(11)19-15/h2-8H,9,18H2,1H3. The van der Waals surface area contributed by atoms with Crippen molar-refractivity contribution >= 4 is 11.0 Å². The summed E-state index contributed by atoms with van der Waals surface area (Å²) in [6.07, 6.45) is 0. The van der Waals surface area contributed by atoms with E-state index in [9.17, 15) is 4.39 Å². The van der Waals surface area contributed by atoms with Crippen molar-refractivity contribution in [1.82, 2.24) is 0 Å². The first-order valence-electron chi connectivity index (χ1n) is 6.17. The Hall–Kier alpha value is -2.13. The Morgan fingerprint density at radius 1 is 1.16 bits per heavy atom. The number of hydrogen-bond donors (Lipinski definition) is 1. The highest BCUT2D eigenvalue weighted by atomic mass is 19.1. The van der Waals surface area contributed by atoms with Gasteiger partial charge in [0.25, 0.3) is 0 Å². The van der Waals surface area contributed by atoms with Crippen LogP contribution in [0.1, 0.15) is 11.1 Å². The molecular weight excluding hydrogens is 241 g/mol. The van der Waals surface area contributed by atoms with Crippen molar-refractivity contribution in [3.63, 3.8) is 0 Å². The summed E-state index contributed by atoms with van der Waals surface area (Å²) in [7, 11) is 0. The van der Waals surface area contributed by atoms with Crippen molar-refractivity contribution in [3.8, 4) is 11.3 Å². The molecule has 0 unspecified atom stereocenters. The molecule has 3 rings (SSSR count). The number of halogens is 1. The summed E-state index contributed by atoms with van der Waals surface area (Å²) in [5.41, 5.74) is 9.08. The largest absolute Gasteiger partial charge is 0.453 e. The lowest BCUT2D eigenvalue weighted by molar-refractivity contribution is 0.568. The highest BCUT2D eigenvalue weighted by molar-refractivity contribution is 5.83. The Bertz CT molecular complexity index is 746. The van der Waals surface area contributed by atoms with Gasteiger partial charge in [0.05, 0.1) is 0 Å². The van der Waals surface area contributed by atoms with E-state index < -0.39 is 0 Å². The fraction of sp³-hybridized carbons (Fsp3) is 0.125. The molecule has 1 aromatic heterocycles. The maximum atomic E-state index is 13.7. The van der Waals surface area contributed by atoms with E-state index in [-0.39, 0.29) is 5.82 Å². The minimum Gasteiger partial charge on any atom is -0.453 e. The summed E-state index contributed by atoms with van der Waals surface area (Å²) in [5.74, 6) is 0.315. The normalized spacial score (nSPS) is 11.1. The number of benzene rings is 2. The molecule has 0 aliphatic carbocycles. The third-order valence-corrected chi connectivity index (χ3v) is 3.25. The van der Waals surface area contributed by atoms with E-state index in [2.05, 4.69) is 0 Å². The average molecular weight is 255 g/mol. The highest BCUT2D eigenvalue weighted by Gasteiger charge is 2.12. The Kier molecular flexibility index (Phi) is 2.84. The second-order valence-corrected chi connectivity index (χ2v) is 4.63. The van der Waals surface area contributed by atoms with Crippen LogP contribution in [0.5, 0.6) is 0 Å². The maximum absolute atomic E-state index is 13.7. The van der Waals surface area contributed by atoms with E-state index in [4.69, 9.17) is 10.2 Å². The second-order valence-electron chi connectivity index (χ2n) is 4.63. The van der Waals surface area contributed by atoms with Gasteiger partial charge in [-0.3, -0.25) is 0 Å². The van der Waals surface area contributed by atoms with Gasteiger partial charge in [-0.25, -0.2) is 4.39 Å². The van der Waals surface area contributed by atoms with E-state index in [1.807, 2.05) is 37.3 Å². The number of hydrogen-bond acceptors (Lipinski definition) is 2. The van der Waals surface area contributed by atoms with Crippen molar-refractivity contribution < 1.29 is 8.81 Å². The highest BCUT2D eigenvalue weighted by Crippen LogP contribution is 2.31. The van der Waals surface area contributed by atoms with Gasteiger partial charge in [-0.15, -0.1) is 0 Å². The Morgan fingerprint density at radius 2 is 2.00 bits per heavy atom. The molecule has 19 heavy (non-hydrogen) atoms. The summed E-state index contributed by atoms with van der Waals surface area (Å²) in [6, 6.07) is 12.8. The molecule has 3 heteroatoms. The fourth-order valence-corrected chi connectivity index (χ4v) is 2.26.